The largest absolute Gasteiger partial charge is 0.494 e. The van der Waals surface area contributed by atoms with Crippen molar-refractivity contribution in [2.45, 2.75) is 37.6 Å². The van der Waals surface area contributed by atoms with E-state index < -0.39 is 11.6 Å². The second kappa shape index (κ2) is 15.2. The summed E-state index contributed by atoms with van der Waals surface area (Å²) < 4.78 is 12.3. The summed E-state index contributed by atoms with van der Waals surface area (Å²) in [6.07, 6.45) is -0.0950. The number of benzene rings is 4. The van der Waals surface area contributed by atoms with Crippen LogP contribution in [0.3, 0.4) is 0 Å². The maximum Gasteiger partial charge on any atom is 0.266 e. The van der Waals surface area contributed by atoms with Crippen LogP contribution in [0.1, 0.15) is 40.3 Å². The Morgan fingerprint density at radius 3 is 2.47 bits per heavy atom. The van der Waals surface area contributed by atoms with Crippen LogP contribution in [0, 0.1) is 0 Å². The Bertz CT molecular complexity index is 1660. The Labute approximate surface area is 266 Å². The number of aliphatic hydroxyl groups is 1. The SMILES string of the molecule is [N-]=[N+]=NCc1ccccc1[C@@H]1OC(c2ccc(OCCCO)cc2)=N[C@]1(Cc1ccccc1)C(=O)NNCc1ccc(Cl)cc1. The molecule has 230 valence electrons. The van der Waals surface area contributed by atoms with Gasteiger partial charge in [-0.3, -0.25) is 10.2 Å². The lowest BCUT2D eigenvalue weighted by molar-refractivity contribution is -0.130. The van der Waals surface area contributed by atoms with E-state index in [1.807, 2.05) is 78.9 Å². The van der Waals surface area contributed by atoms with Gasteiger partial charge in [0.15, 0.2) is 11.6 Å². The van der Waals surface area contributed by atoms with E-state index in [1.54, 1.807) is 24.3 Å². The van der Waals surface area contributed by atoms with Crippen molar-refractivity contribution in [3.8, 4) is 5.75 Å². The van der Waals surface area contributed by atoms with Crippen molar-refractivity contribution in [3.63, 3.8) is 0 Å². The number of carbonyl (C=O) groups excluding carboxylic acids is 1. The monoisotopic (exact) mass is 624 g/mol. The van der Waals surface area contributed by atoms with Gasteiger partial charge >= 0.3 is 0 Å². The first-order chi connectivity index (χ1) is 22.0. The van der Waals surface area contributed by atoms with Gasteiger partial charge in [0.2, 0.25) is 5.90 Å². The minimum absolute atomic E-state index is 0.0470. The smallest absolute Gasteiger partial charge is 0.266 e. The van der Waals surface area contributed by atoms with Crippen LogP contribution in [0.4, 0.5) is 0 Å². The van der Waals surface area contributed by atoms with Gasteiger partial charge < -0.3 is 14.6 Å². The molecule has 0 spiro atoms. The van der Waals surface area contributed by atoms with Gasteiger partial charge in [0.25, 0.3) is 5.91 Å². The van der Waals surface area contributed by atoms with E-state index in [-0.39, 0.29) is 25.5 Å². The third-order valence-electron chi connectivity index (χ3n) is 7.40. The van der Waals surface area contributed by atoms with Crippen molar-refractivity contribution >= 4 is 23.4 Å². The molecule has 0 radical (unpaired) electrons. The molecule has 0 aliphatic carbocycles. The number of hydrogen-bond donors (Lipinski definition) is 3. The lowest BCUT2D eigenvalue weighted by Crippen LogP contribution is -2.53. The lowest BCUT2D eigenvalue weighted by Gasteiger charge is -2.31. The number of hydrazine groups is 1. The van der Waals surface area contributed by atoms with Crippen molar-refractivity contribution in [2.24, 2.45) is 10.1 Å². The first-order valence-electron chi connectivity index (χ1n) is 14.5. The van der Waals surface area contributed by atoms with Crippen LogP contribution in [0.25, 0.3) is 10.4 Å². The van der Waals surface area contributed by atoms with Crippen LogP contribution in [-0.2, 0) is 29.0 Å². The first-order valence-corrected chi connectivity index (χ1v) is 14.9. The number of aliphatic imine (C=N–C) groups is 1. The minimum atomic E-state index is -1.44. The van der Waals surface area contributed by atoms with E-state index in [2.05, 4.69) is 20.9 Å². The van der Waals surface area contributed by atoms with E-state index in [0.717, 1.165) is 16.7 Å². The number of nitrogens with zero attached hydrogens (tertiary/aromatic N) is 4. The Morgan fingerprint density at radius 1 is 1.00 bits per heavy atom. The highest BCUT2D eigenvalue weighted by atomic mass is 35.5. The van der Waals surface area contributed by atoms with Gasteiger partial charge in [-0.1, -0.05) is 83.4 Å². The summed E-state index contributed by atoms with van der Waals surface area (Å²) in [6, 6.07) is 31.7. The van der Waals surface area contributed by atoms with E-state index in [4.69, 9.17) is 36.7 Å². The topological polar surface area (TPSA) is 141 Å². The summed E-state index contributed by atoms with van der Waals surface area (Å²) in [7, 11) is 0. The standard InChI is InChI=1S/C34H33ClN6O4/c35-28-15-11-25(12-16-28)22-37-40-33(43)34(21-24-7-2-1-3-8-24)31(30-10-5-4-9-27(30)23-38-41-36)45-32(39-34)26-13-17-29(18-14-26)44-20-6-19-42/h1-5,7-18,31,37,42H,6,19-23H2,(H,40,43)/t31-,34-/m0/s1. The number of ether oxygens (including phenoxy) is 2. The Balaban J connectivity index is 1.54. The highest BCUT2D eigenvalue weighted by molar-refractivity contribution is 6.30. The Morgan fingerprint density at radius 2 is 1.73 bits per heavy atom. The van der Waals surface area contributed by atoms with Crippen LogP contribution in [0.2, 0.25) is 5.02 Å². The number of halogens is 1. The number of nitrogens with one attached hydrogen (secondary N) is 2. The van der Waals surface area contributed by atoms with Crippen LogP contribution in [-0.4, -0.2) is 35.7 Å². The maximum absolute atomic E-state index is 14.4. The van der Waals surface area contributed by atoms with Crippen LogP contribution >= 0.6 is 11.6 Å². The predicted octanol–water partition coefficient (Wildman–Crippen LogP) is 6.23. The van der Waals surface area contributed by atoms with Gasteiger partial charge in [-0.25, -0.2) is 10.4 Å². The molecule has 11 heteroatoms. The first kappa shape index (κ1) is 31.6. The molecule has 4 aromatic rings. The zero-order valence-electron chi connectivity index (χ0n) is 24.5. The quantitative estimate of drug-likeness (QED) is 0.0501. The highest BCUT2D eigenvalue weighted by Crippen LogP contribution is 2.43. The molecular formula is C34H33ClN6O4. The molecule has 45 heavy (non-hydrogen) atoms. The average Bonchev–Trinajstić information content (AvgIpc) is 3.45. The molecule has 1 aliphatic rings. The fourth-order valence-electron chi connectivity index (χ4n) is 5.15. The summed E-state index contributed by atoms with van der Waals surface area (Å²) >= 11 is 6.04. The van der Waals surface area contributed by atoms with Gasteiger partial charge in [0, 0.05) is 41.5 Å². The average molecular weight is 625 g/mol. The van der Waals surface area contributed by atoms with E-state index in [9.17, 15) is 4.79 Å². The molecule has 2 atom stereocenters. The molecule has 0 fully saturated rings. The maximum atomic E-state index is 14.4. The van der Waals surface area contributed by atoms with E-state index in [0.29, 0.717) is 47.4 Å². The molecule has 0 bridgehead atoms. The molecule has 1 aliphatic heterocycles. The Hall–Kier alpha value is -4.86. The zero-order valence-corrected chi connectivity index (χ0v) is 25.2. The molecule has 0 saturated carbocycles. The van der Waals surface area contributed by atoms with E-state index >= 15 is 0 Å². The third kappa shape index (κ3) is 7.81. The number of amides is 1. The molecule has 1 heterocycles. The van der Waals surface area contributed by atoms with Gasteiger partial charge in [-0.2, -0.15) is 0 Å². The van der Waals surface area contributed by atoms with Crippen molar-refractivity contribution in [1.82, 2.24) is 10.9 Å². The molecule has 5 rings (SSSR count). The van der Waals surface area contributed by atoms with Crippen molar-refractivity contribution in [1.29, 1.82) is 0 Å². The molecule has 4 aromatic carbocycles. The lowest BCUT2D eigenvalue weighted by atomic mass is 9.81. The summed E-state index contributed by atoms with van der Waals surface area (Å²) in [5, 5.41) is 13.5. The second-order valence-electron chi connectivity index (χ2n) is 10.5. The van der Waals surface area contributed by atoms with Crippen LogP contribution < -0.4 is 15.6 Å². The highest BCUT2D eigenvalue weighted by Gasteiger charge is 2.53. The predicted molar refractivity (Wildman–Crippen MR) is 173 cm³/mol. The number of aliphatic hydroxyl groups excluding tert-OH is 1. The Kier molecular flexibility index (Phi) is 10.7. The molecule has 3 N–H and O–H groups in total. The molecule has 0 aromatic heterocycles. The third-order valence-corrected chi connectivity index (χ3v) is 7.65. The molecule has 10 nitrogen and oxygen atoms in total. The van der Waals surface area contributed by atoms with Gasteiger partial charge in [0.05, 0.1) is 13.2 Å². The van der Waals surface area contributed by atoms with Gasteiger partial charge in [0.1, 0.15) is 5.75 Å². The molecule has 0 saturated heterocycles. The van der Waals surface area contributed by atoms with Crippen molar-refractivity contribution in [3.05, 3.63) is 146 Å². The van der Waals surface area contributed by atoms with Crippen LogP contribution in [0.15, 0.2) is 113 Å². The second-order valence-corrected chi connectivity index (χ2v) is 10.9. The minimum Gasteiger partial charge on any atom is -0.494 e. The molecular weight excluding hydrogens is 592 g/mol. The molecule has 1 amide bonds. The number of azide groups is 1. The fourth-order valence-corrected chi connectivity index (χ4v) is 5.27. The zero-order chi connectivity index (χ0) is 31.5. The van der Waals surface area contributed by atoms with Gasteiger partial charge in [-0.15, -0.1) is 0 Å². The summed E-state index contributed by atoms with van der Waals surface area (Å²) in [5.74, 6) is 0.550. The van der Waals surface area contributed by atoms with Crippen molar-refractivity contribution in [2.75, 3.05) is 13.2 Å². The van der Waals surface area contributed by atoms with Crippen molar-refractivity contribution < 1.29 is 19.4 Å². The van der Waals surface area contributed by atoms with E-state index in [1.165, 1.54) is 0 Å². The molecule has 0 unspecified atom stereocenters. The normalized spacial score (nSPS) is 17.1. The fraction of sp³-hybridized carbons (Fsp3) is 0.235. The van der Waals surface area contributed by atoms with Gasteiger partial charge in [-0.05, 0) is 64.2 Å². The number of carbonyl (C=O) groups is 1. The summed E-state index contributed by atoms with van der Waals surface area (Å²) in [6.45, 7) is 0.878. The summed E-state index contributed by atoms with van der Waals surface area (Å²) in [4.78, 5) is 22.4. The van der Waals surface area contributed by atoms with Crippen LogP contribution in [0.5, 0.6) is 5.75 Å². The summed E-state index contributed by atoms with van der Waals surface area (Å²) in [5.41, 5.74) is 17.5. The number of hydrogen-bond acceptors (Lipinski definition) is 7. The number of rotatable bonds is 14.